The predicted molar refractivity (Wildman–Crippen MR) is 108 cm³/mol. The average Bonchev–Trinajstić information content (AvgIpc) is 3.55. The van der Waals surface area contributed by atoms with Crippen molar-refractivity contribution in [3.8, 4) is 5.75 Å². The molecule has 29 heavy (non-hydrogen) atoms. The molecule has 0 aromatic heterocycles. The van der Waals surface area contributed by atoms with Crippen LogP contribution in [0.5, 0.6) is 5.75 Å². The third kappa shape index (κ3) is 5.49. The van der Waals surface area contributed by atoms with Gasteiger partial charge in [0.15, 0.2) is 0 Å². The van der Waals surface area contributed by atoms with E-state index in [1.165, 1.54) is 18.6 Å². The standard InChI is InChI=1S/C23H31FN2O3/c24-19-6-8-20(9-7-19)29-21-10-13-26(22(27)14-17-4-5-17)16-18(21)15-23(28)25-11-2-1-3-12-25/h6-9,17-18,21H,1-5,10-16H2/t18-,21-/m0/s1. The Morgan fingerprint density at radius 1 is 0.897 bits per heavy atom. The molecule has 0 radical (unpaired) electrons. The van der Waals surface area contributed by atoms with Crippen LogP contribution in [0.15, 0.2) is 24.3 Å². The van der Waals surface area contributed by atoms with Crippen molar-refractivity contribution in [3.63, 3.8) is 0 Å². The summed E-state index contributed by atoms with van der Waals surface area (Å²) < 4.78 is 19.4. The summed E-state index contributed by atoms with van der Waals surface area (Å²) in [5, 5.41) is 0. The lowest BCUT2D eigenvalue weighted by Gasteiger charge is -2.39. The molecule has 1 aliphatic carbocycles. The van der Waals surface area contributed by atoms with Gasteiger partial charge in [-0.05, 0) is 62.3 Å². The van der Waals surface area contributed by atoms with Gasteiger partial charge in [0.1, 0.15) is 17.7 Å². The van der Waals surface area contributed by atoms with Crippen LogP contribution < -0.4 is 4.74 Å². The smallest absolute Gasteiger partial charge is 0.223 e. The van der Waals surface area contributed by atoms with Gasteiger partial charge in [0.05, 0.1) is 0 Å². The average molecular weight is 403 g/mol. The molecular weight excluding hydrogens is 371 g/mol. The van der Waals surface area contributed by atoms with E-state index in [4.69, 9.17) is 4.74 Å². The van der Waals surface area contributed by atoms with Crippen LogP contribution in [-0.4, -0.2) is 53.9 Å². The molecule has 2 amide bonds. The molecule has 2 atom stereocenters. The quantitative estimate of drug-likeness (QED) is 0.730. The Bertz CT molecular complexity index is 713. The SMILES string of the molecule is O=C(C[C@H]1CN(C(=O)CC2CC2)CC[C@@H]1Oc1ccc(F)cc1)N1CCCCC1. The zero-order chi connectivity index (χ0) is 20.2. The van der Waals surface area contributed by atoms with Gasteiger partial charge in [0, 0.05) is 51.4 Å². The highest BCUT2D eigenvalue weighted by molar-refractivity contribution is 5.78. The maximum absolute atomic E-state index is 13.2. The number of likely N-dealkylation sites (tertiary alicyclic amines) is 2. The number of hydrogen-bond donors (Lipinski definition) is 0. The van der Waals surface area contributed by atoms with Crippen LogP contribution in [-0.2, 0) is 9.59 Å². The van der Waals surface area contributed by atoms with Gasteiger partial charge in [-0.3, -0.25) is 9.59 Å². The first-order valence-electron chi connectivity index (χ1n) is 11.1. The van der Waals surface area contributed by atoms with Gasteiger partial charge in [-0.25, -0.2) is 4.39 Å². The fourth-order valence-electron chi connectivity index (χ4n) is 4.47. The molecule has 0 unspecified atom stereocenters. The number of piperidine rings is 2. The Labute approximate surface area is 172 Å². The largest absolute Gasteiger partial charge is 0.490 e. The van der Waals surface area contributed by atoms with Crippen LogP contribution in [0.1, 0.15) is 51.4 Å². The van der Waals surface area contributed by atoms with Crippen molar-refractivity contribution in [1.82, 2.24) is 9.80 Å². The molecule has 2 saturated heterocycles. The number of carbonyl (C=O) groups excluding carboxylic acids is 2. The predicted octanol–water partition coefficient (Wildman–Crippen LogP) is 3.62. The van der Waals surface area contributed by atoms with Gasteiger partial charge in [0.25, 0.3) is 0 Å². The first-order valence-corrected chi connectivity index (χ1v) is 11.1. The summed E-state index contributed by atoms with van der Waals surface area (Å²) in [6.45, 7) is 2.89. The number of nitrogens with zero attached hydrogens (tertiary/aromatic N) is 2. The molecule has 1 aromatic carbocycles. The topological polar surface area (TPSA) is 49.9 Å². The van der Waals surface area contributed by atoms with E-state index in [1.54, 1.807) is 12.1 Å². The van der Waals surface area contributed by atoms with Crippen LogP contribution in [0, 0.1) is 17.7 Å². The molecule has 1 aromatic rings. The normalized spacial score (nSPS) is 25.0. The number of amides is 2. The van der Waals surface area contributed by atoms with E-state index in [9.17, 15) is 14.0 Å². The second kappa shape index (κ2) is 9.14. The minimum absolute atomic E-state index is 0.0358. The number of benzene rings is 1. The van der Waals surface area contributed by atoms with E-state index < -0.39 is 0 Å². The molecule has 4 rings (SSSR count). The Balaban J connectivity index is 1.42. The third-order valence-corrected chi connectivity index (χ3v) is 6.42. The van der Waals surface area contributed by atoms with Crippen molar-refractivity contribution in [1.29, 1.82) is 0 Å². The number of rotatable bonds is 6. The minimum atomic E-state index is -0.297. The van der Waals surface area contributed by atoms with Gasteiger partial charge in [-0.15, -0.1) is 0 Å². The molecule has 0 N–H and O–H groups in total. The number of halogens is 1. The van der Waals surface area contributed by atoms with E-state index in [0.29, 0.717) is 44.0 Å². The molecule has 2 aliphatic heterocycles. The zero-order valence-corrected chi connectivity index (χ0v) is 17.0. The summed E-state index contributed by atoms with van der Waals surface area (Å²) in [5.41, 5.74) is 0. The monoisotopic (exact) mass is 402 g/mol. The van der Waals surface area contributed by atoms with Gasteiger partial charge in [0.2, 0.25) is 11.8 Å². The number of ether oxygens (including phenoxy) is 1. The van der Waals surface area contributed by atoms with Crippen LogP contribution in [0.25, 0.3) is 0 Å². The molecule has 158 valence electrons. The van der Waals surface area contributed by atoms with E-state index in [-0.39, 0.29) is 29.7 Å². The second-order valence-corrected chi connectivity index (χ2v) is 8.79. The first-order chi connectivity index (χ1) is 14.1. The fraction of sp³-hybridized carbons (Fsp3) is 0.652. The van der Waals surface area contributed by atoms with Crippen molar-refractivity contribution >= 4 is 11.8 Å². The third-order valence-electron chi connectivity index (χ3n) is 6.42. The van der Waals surface area contributed by atoms with Gasteiger partial charge >= 0.3 is 0 Å². The molecule has 2 heterocycles. The summed E-state index contributed by atoms with van der Waals surface area (Å²) in [5.74, 6) is 1.22. The lowest BCUT2D eigenvalue weighted by atomic mass is 9.90. The molecule has 3 fully saturated rings. The minimum Gasteiger partial charge on any atom is -0.490 e. The van der Waals surface area contributed by atoms with E-state index >= 15 is 0 Å². The fourth-order valence-corrected chi connectivity index (χ4v) is 4.47. The summed E-state index contributed by atoms with van der Waals surface area (Å²) in [6.07, 6.45) is 7.24. The molecule has 6 heteroatoms. The zero-order valence-electron chi connectivity index (χ0n) is 17.0. The molecule has 0 bridgehead atoms. The van der Waals surface area contributed by atoms with E-state index in [2.05, 4.69) is 0 Å². The molecule has 3 aliphatic rings. The molecule has 5 nitrogen and oxygen atoms in total. The van der Waals surface area contributed by atoms with Gasteiger partial charge in [-0.1, -0.05) is 0 Å². The lowest BCUT2D eigenvalue weighted by Crippen LogP contribution is -2.50. The summed E-state index contributed by atoms with van der Waals surface area (Å²) in [7, 11) is 0. The molecule has 0 spiro atoms. The Morgan fingerprint density at radius 2 is 1.59 bits per heavy atom. The van der Waals surface area contributed by atoms with E-state index in [0.717, 1.165) is 38.8 Å². The second-order valence-electron chi connectivity index (χ2n) is 8.79. The lowest BCUT2D eigenvalue weighted by molar-refractivity contribution is -0.139. The number of hydrogen-bond acceptors (Lipinski definition) is 3. The van der Waals surface area contributed by atoms with Crippen LogP contribution >= 0.6 is 0 Å². The van der Waals surface area contributed by atoms with Crippen molar-refractivity contribution in [2.24, 2.45) is 11.8 Å². The van der Waals surface area contributed by atoms with Crippen molar-refractivity contribution in [2.75, 3.05) is 26.2 Å². The van der Waals surface area contributed by atoms with Crippen molar-refractivity contribution in [3.05, 3.63) is 30.1 Å². The van der Waals surface area contributed by atoms with Crippen molar-refractivity contribution in [2.45, 2.75) is 57.5 Å². The highest BCUT2D eigenvalue weighted by Gasteiger charge is 2.36. The first kappa shape index (κ1) is 20.2. The Morgan fingerprint density at radius 3 is 2.28 bits per heavy atom. The van der Waals surface area contributed by atoms with E-state index in [1.807, 2.05) is 9.80 Å². The Kier molecular flexibility index (Phi) is 6.36. The van der Waals surface area contributed by atoms with Crippen LogP contribution in [0.4, 0.5) is 4.39 Å². The summed E-state index contributed by atoms with van der Waals surface area (Å²) >= 11 is 0. The van der Waals surface area contributed by atoms with Gasteiger partial charge < -0.3 is 14.5 Å². The van der Waals surface area contributed by atoms with Crippen molar-refractivity contribution < 1.29 is 18.7 Å². The summed E-state index contributed by atoms with van der Waals surface area (Å²) in [6, 6.07) is 6.03. The molecular formula is C23H31FN2O3. The highest BCUT2D eigenvalue weighted by Crippen LogP contribution is 2.34. The number of carbonyl (C=O) groups is 2. The Hall–Kier alpha value is -2.11. The maximum Gasteiger partial charge on any atom is 0.223 e. The van der Waals surface area contributed by atoms with Crippen LogP contribution in [0.3, 0.4) is 0 Å². The highest BCUT2D eigenvalue weighted by atomic mass is 19.1. The van der Waals surface area contributed by atoms with Crippen LogP contribution in [0.2, 0.25) is 0 Å². The van der Waals surface area contributed by atoms with Gasteiger partial charge in [-0.2, -0.15) is 0 Å². The maximum atomic E-state index is 13.2. The molecule has 1 saturated carbocycles. The summed E-state index contributed by atoms with van der Waals surface area (Å²) in [4.78, 5) is 29.4.